The zero-order valence-electron chi connectivity index (χ0n) is 10.2. The summed E-state index contributed by atoms with van der Waals surface area (Å²) < 4.78 is 13.7. The summed E-state index contributed by atoms with van der Waals surface area (Å²) in [6.07, 6.45) is 0. The van der Waals surface area contributed by atoms with Gasteiger partial charge in [-0.15, -0.1) is 0 Å². The molecular weight excluding hydrogens is 309 g/mol. The lowest BCUT2D eigenvalue weighted by atomic mass is 10.1. The van der Waals surface area contributed by atoms with Crippen molar-refractivity contribution in [2.75, 3.05) is 11.1 Å². The third kappa shape index (κ3) is 2.85. The van der Waals surface area contributed by atoms with E-state index in [0.29, 0.717) is 15.7 Å². The van der Waals surface area contributed by atoms with Gasteiger partial charge in [-0.3, -0.25) is 0 Å². The van der Waals surface area contributed by atoms with Crippen LogP contribution in [-0.2, 0) is 0 Å². The minimum Gasteiger partial charge on any atom is -0.398 e. The highest BCUT2D eigenvalue weighted by atomic mass is 79.9. The first-order valence-electron chi connectivity index (χ1n) is 5.53. The van der Waals surface area contributed by atoms with E-state index in [4.69, 9.17) is 11.0 Å². The van der Waals surface area contributed by atoms with Gasteiger partial charge in [-0.25, -0.2) is 4.39 Å². The average molecular weight is 320 g/mol. The predicted molar refractivity (Wildman–Crippen MR) is 77.7 cm³/mol. The zero-order valence-corrected chi connectivity index (χ0v) is 11.8. The average Bonchev–Trinajstić information content (AvgIpc) is 2.36. The van der Waals surface area contributed by atoms with Gasteiger partial charge in [0.1, 0.15) is 11.9 Å². The number of nitrogens with one attached hydrogen (secondary N) is 1. The smallest absolute Gasteiger partial charge is 0.137 e. The Kier molecular flexibility index (Phi) is 3.72. The number of nitrogens with zero attached hydrogens (tertiary/aromatic N) is 1. The second kappa shape index (κ2) is 5.29. The van der Waals surface area contributed by atoms with Gasteiger partial charge in [-0.05, 0) is 58.7 Å². The molecule has 0 bridgehead atoms. The number of rotatable bonds is 2. The highest BCUT2D eigenvalue weighted by Gasteiger charge is 2.06. The molecule has 0 saturated heterocycles. The third-order valence-corrected chi connectivity index (χ3v) is 3.33. The van der Waals surface area contributed by atoms with Crippen molar-refractivity contribution < 1.29 is 4.39 Å². The number of benzene rings is 2. The Bertz CT molecular complexity index is 677. The Morgan fingerprint density at radius 2 is 2.05 bits per heavy atom. The maximum absolute atomic E-state index is 13.3. The summed E-state index contributed by atoms with van der Waals surface area (Å²) in [6, 6.07) is 10.2. The Morgan fingerprint density at radius 1 is 1.32 bits per heavy atom. The first kappa shape index (κ1) is 13.4. The van der Waals surface area contributed by atoms with E-state index in [1.165, 1.54) is 6.07 Å². The number of halogens is 2. The van der Waals surface area contributed by atoms with E-state index >= 15 is 0 Å². The molecule has 0 saturated carbocycles. The molecule has 2 aromatic carbocycles. The van der Waals surface area contributed by atoms with Crippen molar-refractivity contribution in [2.24, 2.45) is 0 Å². The van der Waals surface area contributed by atoms with Crippen LogP contribution in [0.2, 0.25) is 0 Å². The van der Waals surface area contributed by atoms with Gasteiger partial charge in [0, 0.05) is 11.4 Å². The second-order valence-electron chi connectivity index (χ2n) is 4.12. The lowest BCUT2D eigenvalue weighted by Crippen LogP contribution is -1.97. The second-order valence-corrected chi connectivity index (χ2v) is 4.97. The summed E-state index contributed by atoms with van der Waals surface area (Å²) >= 11 is 3.15. The molecule has 0 aliphatic heterocycles. The lowest BCUT2D eigenvalue weighted by molar-refractivity contribution is 0.620. The molecule has 0 spiro atoms. The summed E-state index contributed by atoms with van der Waals surface area (Å²) in [5.41, 5.74) is 8.89. The van der Waals surface area contributed by atoms with Crippen LogP contribution in [0.1, 0.15) is 11.1 Å². The topological polar surface area (TPSA) is 61.8 Å². The molecule has 0 atom stereocenters. The number of nitrogens with two attached hydrogens (primary N) is 1. The van der Waals surface area contributed by atoms with E-state index in [1.54, 1.807) is 24.3 Å². The highest BCUT2D eigenvalue weighted by Crippen LogP contribution is 2.28. The monoisotopic (exact) mass is 319 g/mol. The maximum atomic E-state index is 13.3. The van der Waals surface area contributed by atoms with E-state index in [1.807, 2.05) is 13.0 Å². The number of anilines is 3. The van der Waals surface area contributed by atoms with Crippen LogP contribution in [0.25, 0.3) is 0 Å². The van der Waals surface area contributed by atoms with Crippen LogP contribution in [0.5, 0.6) is 0 Å². The largest absolute Gasteiger partial charge is 0.398 e. The standard InChI is InChI=1S/C14H11BrFN3/c1-8-4-12(16)11(15)6-14(8)19-10-3-2-9(7-17)13(18)5-10/h2-6,19H,18H2,1H3. The molecule has 0 unspecified atom stereocenters. The molecule has 96 valence electrons. The van der Waals surface area contributed by atoms with Crippen LogP contribution in [-0.4, -0.2) is 0 Å². The van der Waals surface area contributed by atoms with Gasteiger partial charge in [-0.1, -0.05) is 0 Å². The fourth-order valence-corrected chi connectivity index (χ4v) is 2.02. The van der Waals surface area contributed by atoms with Crippen molar-refractivity contribution >= 4 is 33.0 Å². The number of hydrogen-bond acceptors (Lipinski definition) is 3. The number of hydrogen-bond donors (Lipinski definition) is 2. The highest BCUT2D eigenvalue weighted by molar-refractivity contribution is 9.10. The Hall–Kier alpha value is -2.06. The van der Waals surface area contributed by atoms with Crippen LogP contribution in [0.4, 0.5) is 21.5 Å². The molecule has 2 rings (SSSR count). The van der Waals surface area contributed by atoms with Crippen LogP contribution >= 0.6 is 15.9 Å². The van der Waals surface area contributed by atoms with Gasteiger partial charge in [0.05, 0.1) is 15.7 Å². The van der Waals surface area contributed by atoms with Gasteiger partial charge >= 0.3 is 0 Å². The number of nitrogen functional groups attached to an aromatic ring is 1. The Labute approximate surface area is 119 Å². The summed E-state index contributed by atoms with van der Waals surface area (Å²) in [4.78, 5) is 0. The first-order chi connectivity index (χ1) is 9.01. The van der Waals surface area contributed by atoms with Crippen LogP contribution in [0.15, 0.2) is 34.8 Å². The molecule has 0 amide bonds. The molecule has 3 nitrogen and oxygen atoms in total. The van der Waals surface area contributed by atoms with Crippen LogP contribution in [0, 0.1) is 24.1 Å². The Balaban J connectivity index is 2.34. The maximum Gasteiger partial charge on any atom is 0.137 e. The minimum absolute atomic E-state index is 0.303. The van der Waals surface area contributed by atoms with Gasteiger partial charge in [0.2, 0.25) is 0 Å². The van der Waals surface area contributed by atoms with Gasteiger partial charge in [-0.2, -0.15) is 5.26 Å². The molecule has 5 heteroatoms. The molecule has 0 aliphatic carbocycles. The quantitative estimate of drug-likeness (QED) is 0.819. The van der Waals surface area contributed by atoms with E-state index in [0.717, 1.165) is 16.9 Å². The molecule has 0 aromatic heterocycles. The van der Waals surface area contributed by atoms with Crippen molar-refractivity contribution in [1.29, 1.82) is 5.26 Å². The Morgan fingerprint density at radius 3 is 2.68 bits per heavy atom. The van der Waals surface area contributed by atoms with E-state index in [-0.39, 0.29) is 5.82 Å². The predicted octanol–water partition coefficient (Wildman–Crippen LogP) is 4.09. The third-order valence-electron chi connectivity index (χ3n) is 2.72. The van der Waals surface area contributed by atoms with E-state index in [2.05, 4.69) is 21.2 Å². The fraction of sp³-hybridized carbons (Fsp3) is 0.0714. The van der Waals surface area contributed by atoms with Crippen LogP contribution in [0.3, 0.4) is 0 Å². The van der Waals surface area contributed by atoms with Gasteiger partial charge < -0.3 is 11.1 Å². The van der Waals surface area contributed by atoms with Crippen molar-refractivity contribution in [3.05, 3.63) is 51.7 Å². The van der Waals surface area contributed by atoms with Gasteiger partial charge in [0.15, 0.2) is 0 Å². The molecule has 0 heterocycles. The molecule has 0 aliphatic rings. The molecule has 0 radical (unpaired) electrons. The van der Waals surface area contributed by atoms with Crippen molar-refractivity contribution in [3.8, 4) is 6.07 Å². The summed E-state index contributed by atoms with van der Waals surface area (Å²) in [5.74, 6) is -0.303. The fourth-order valence-electron chi connectivity index (χ4n) is 1.68. The molecule has 3 N–H and O–H groups in total. The number of nitriles is 1. The summed E-state index contributed by atoms with van der Waals surface area (Å²) in [5, 5.41) is 12.0. The summed E-state index contributed by atoms with van der Waals surface area (Å²) in [6.45, 7) is 1.81. The molecule has 0 fully saturated rings. The van der Waals surface area contributed by atoms with E-state index in [9.17, 15) is 4.39 Å². The van der Waals surface area contributed by atoms with E-state index < -0.39 is 0 Å². The SMILES string of the molecule is Cc1cc(F)c(Br)cc1Nc1ccc(C#N)c(N)c1. The number of aryl methyl sites for hydroxylation is 1. The minimum atomic E-state index is -0.303. The van der Waals surface area contributed by atoms with Crippen molar-refractivity contribution in [1.82, 2.24) is 0 Å². The normalized spacial score (nSPS) is 10.0. The van der Waals surface area contributed by atoms with Crippen LogP contribution < -0.4 is 11.1 Å². The molecular formula is C14H11BrFN3. The zero-order chi connectivity index (χ0) is 14.0. The van der Waals surface area contributed by atoms with Crippen molar-refractivity contribution in [3.63, 3.8) is 0 Å². The lowest BCUT2D eigenvalue weighted by Gasteiger charge is -2.11. The molecule has 19 heavy (non-hydrogen) atoms. The van der Waals surface area contributed by atoms with Gasteiger partial charge in [0.25, 0.3) is 0 Å². The summed E-state index contributed by atoms with van der Waals surface area (Å²) in [7, 11) is 0. The first-order valence-corrected chi connectivity index (χ1v) is 6.33. The molecule has 2 aromatic rings. The van der Waals surface area contributed by atoms with Crippen molar-refractivity contribution in [2.45, 2.75) is 6.92 Å².